The van der Waals surface area contributed by atoms with Gasteiger partial charge in [-0.15, -0.1) is 10.2 Å². The number of aromatic nitrogens is 3. The van der Waals surface area contributed by atoms with Crippen molar-refractivity contribution in [2.75, 3.05) is 75.8 Å². The molecule has 0 spiro atoms. The number of amides is 1. The highest BCUT2D eigenvalue weighted by Gasteiger charge is 2.26. The Labute approximate surface area is 204 Å². The summed E-state index contributed by atoms with van der Waals surface area (Å²) in [5, 5.41) is 10.5. The van der Waals surface area contributed by atoms with Gasteiger partial charge in [0, 0.05) is 70.3 Å². The molecular formula is C24H31N7O2S. The summed E-state index contributed by atoms with van der Waals surface area (Å²) in [5.74, 6) is 0.876. The molecule has 3 aromatic rings. The first-order chi connectivity index (χ1) is 16.7. The van der Waals surface area contributed by atoms with E-state index in [0.717, 1.165) is 67.5 Å². The van der Waals surface area contributed by atoms with Crippen molar-refractivity contribution in [2.45, 2.75) is 6.92 Å². The van der Waals surface area contributed by atoms with E-state index in [1.165, 1.54) is 0 Å². The van der Waals surface area contributed by atoms with Gasteiger partial charge >= 0.3 is 0 Å². The number of benzene rings is 1. The van der Waals surface area contributed by atoms with Crippen LogP contribution in [-0.2, 0) is 0 Å². The predicted octanol–water partition coefficient (Wildman–Crippen LogP) is 2.44. The average molecular weight is 482 g/mol. The van der Waals surface area contributed by atoms with Crippen LogP contribution in [0.4, 0.5) is 10.8 Å². The Bertz CT molecular complexity index is 1110. The lowest BCUT2D eigenvalue weighted by molar-refractivity contribution is 0.0738. The number of nitrogens with zero attached hydrogens (tertiary/aromatic N) is 7. The van der Waals surface area contributed by atoms with Gasteiger partial charge in [0.15, 0.2) is 0 Å². The van der Waals surface area contributed by atoms with E-state index in [2.05, 4.69) is 37.9 Å². The van der Waals surface area contributed by atoms with Crippen molar-refractivity contribution in [3.05, 3.63) is 48.3 Å². The molecule has 2 fully saturated rings. The molecule has 2 saturated heterocycles. The largest absolute Gasteiger partial charge is 0.497 e. The lowest BCUT2D eigenvalue weighted by Gasteiger charge is -2.36. The van der Waals surface area contributed by atoms with E-state index >= 15 is 0 Å². The van der Waals surface area contributed by atoms with E-state index in [-0.39, 0.29) is 5.91 Å². The molecule has 180 valence electrons. The number of ether oxygens (including phenoxy) is 1. The smallest absolute Gasteiger partial charge is 0.271 e. The van der Waals surface area contributed by atoms with Crippen molar-refractivity contribution in [3.63, 3.8) is 0 Å². The van der Waals surface area contributed by atoms with Gasteiger partial charge in [-0.25, -0.2) is 0 Å². The van der Waals surface area contributed by atoms with Crippen molar-refractivity contribution < 1.29 is 9.53 Å². The molecule has 0 unspecified atom stereocenters. The van der Waals surface area contributed by atoms with Gasteiger partial charge in [0.1, 0.15) is 11.4 Å². The zero-order valence-electron chi connectivity index (χ0n) is 19.8. The molecule has 0 atom stereocenters. The molecule has 2 aromatic heterocycles. The van der Waals surface area contributed by atoms with Gasteiger partial charge < -0.3 is 24.3 Å². The van der Waals surface area contributed by atoms with Crippen molar-refractivity contribution in [3.8, 4) is 10.9 Å². The summed E-state index contributed by atoms with van der Waals surface area (Å²) in [6.45, 7) is 10.2. The Hall–Kier alpha value is -3.11. The number of carbonyl (C=O) groups is 1. The number of likely N-dealkylation sites (N-methyl/N-ethyl adjacent to an activating group) is 1. The molecule has 34 heavy (non-hydrogen) atoms. The fraction of sp³-hybridized carbons (Fsp3) is 0.458. The second-order valence-corrected chi connectivity index (χ2v) is 9.47. The summed E-state index contributed by atoms with van der Waals surface area (Å²) >= 11 is 1.54. The summed E-state index contributed by atoms with van der Waals surface area (Å²) < 4.78 is 7.23. The maximum Gasteiger partial charge on any atom is 0.271 e. The van der Waals surface area contributed by atoms with E-state index in [4.69, 9.17) is 4.74 Å². The van der Waals surface area contributed by atoms with Crippen LogP contribution in [0.3, 0.4) is 0 Å². The Morgan fingerprint density at radius 3 is 2.41 bits per heavy atom. The quantitative estimate of drug-likeness (QED) is 0.536. The van der Waals surface area contributed by atoms with Crippen molar-refractivity contribution in [2.24, 2.45) is 0 Å². The Morgan fingerprint density at radius 1 is 0.941 bits per heavy atom. The molecule has 1 aromatic carbocycles. The first-order valence-corrected chi connectivity index (χ1v) is 12.6. The minimum Gasteiger partial charge on any atom is -0.497 e. The fourth-order valence-corrected chi connectivity index (χ4v) is 5.44. The van der Waals surface area contributed by atoms with Gasteiger partial charge in [0.2, 0.25) is 10.3 Å². The average Bonchev–Trinajstić information content (AvgIpc) is 3.58. The number of carbonyl (C=O) groups excluding carboxylic acids is 1. The topological polar surface area (TPSA) is 70.0 Å². The molecule has 2 aliphatic heterocycles. The minimum atomic E-state index is 0.0311. The highest BCUT2D eigenvalue weighted by atomic mass is 32.1. The van der Waals surface area contributed by atoms with Crippen molar-refractivity contribution in [1.29, 1.82) is 0 Å². The molecule has 9 nitrogen and oxygen atoms in total. The lowest BCUT2D eigenvalue weighted by atomic mass is 10.2. The molecule has 1 amide bonds. The lowest BCUT2D eigenvalue weighted by Crippen LogP contribution is -2.49. The van der Waals surface area contributed by atoms with Crippen LogP contribution in [0.1, 0.15) is 17.4 Å². The van der Waals surface area contributed by atoms with Gasteiger partial charge in [-0.2, -0.15) is 0 Å². The molecule has 2 aliphatic rings. The number of hydrogen-bond donors (Lipinski definition) is 0. The number of anilines is 2. The first-order valence-electron chi connectivity index (χ1n) is 11.8. The number of hydrogen-bond acceptors (Lipinski definition) is 8. The molecule has 5 rings (SSSR count). The van der Waals surface area contributed by atoms with Crippen LogP contribution in [0, 0.1) is 0 Å². The van der Waals surface area contributed by atoms with Crippen molar-refractivity contribution in [1.82, 2.24) is 24.6 Å². The maximum atomic E-state index is 13.4. The summed E-state index contributed by atoms with van der Waals surface area (Å²) in [4.78, 5) is 22.3. The van der Waals surface area contributed by atoms with Crippen LogP contribution < -0.4 is 14.5 Å². The minimum absolute atomic E-state index is 0.0311. The van der Waals surface area contributed by atoms with Crippen molar-refractivity contribution >= 4 is 28.1 Å². The Balaban J connectivity index is 1.24. The van der Waals surface area contributed by atoms with Crippen LogP contribution in [0.5, 0.6) is 5.75 Å². The molecule has 0 bridgehead atoms. The van der Waals surface area contributed by atoms with Crippen LogP contribution in [0.25, 0.3) is 5.13 Å². The van der Waals surface area contributed by atoms with E-state index in [1.807, 2.05) is 46.0 Å². The summed E-state index contributed by atoms with van der Waals surface area (Å²) in [5.41, 5.74) is 1.75. The van der Waals surface area contributed by atoms with E-state index < -0.39 is 0 Å². The molecule has 0 aliphatic carbocycles. The Morgan fingerprint density at radius 2 is 1.68 bits per heavy atom. The van der Waals surface area contributed by atoms with Crippen LogP contribution in [0.2, 0.25) is 0 Å². The van der Waals surface area contributed by atoms with Gasteiger partial charge in [-0.05, 0) is 30.8 Å². The zero-order chi connectivity index (χ0) is 23.5. The van der Waals surface area contributed by atoms with Crippen LogP contribution in [0.15, 0.2) is 42.6 Å². The third kappa shape index (κ3) is 4.60. The highest BCUT2D eigenvalue weighted by molar-refractivity contribution is 7.17. The summed E-state index contributed by atoms with van der Waals surface area (Å²) in [7, 11) is 1.68. The van der Waals surface area contributed by atoms with Crippen LogP contribution >= 0.6 is 11.3 Å². The number of piperazine rings is 2. The van der Waals surface area contributed by atoms with E-state index in [9.17, 15) is 4.79 Å². The second kappa shape index (κ2) is 10.0. The van der Waals surface area contributed by atoms with E-state index in [0.29, 0.717) is 18.8 Å². The second-order valence-electron chi connectivity index (χ2n) is 8.53. The molecular weight excluding hydrogens is 450 g/mol. The number of rotatable bonds is 6. The highest BCUT2D eigenvalue weighted by Crippen LogP contribution is 2.27. The van der Waals surface area contributed by atoms with Crippen LogP contribution in [-0.4, -0.2) is 96.5 Å². The molecule has 0 radical (unpaired) electrons. The van der Waals surface area contributed by atoms with Gasteiger partial charge in [-0.3, -0.25) is 9.36 Å². The predicted molar refractivity (Wildman–Crippen MR) is 135 cm³/mol. The first kappa shape index (κ1) is 22.7. The molecule has 0 N–H and O–H groups in total. The molecule has 10 heteroatoms. The fourth-order valence-electron chi connectivity index (χ4n) is 4.55. The zero-order valence-corrected chi connectivity index (χ0v) is 20.6. The summed E-state index contributed by atoms with van der Waals surface area (Å²) in [6, 6.07) is 11.8. The third-order valence-electron chi connectivity index (χ3n) is 6.65. The Kier molecular flexibility index (Phi) is 6.68. The molecule has 0 saturated carbocycles. The van der Waals surface area contributed by atoms with Gasteiger partial charge in [0.25, 0.3) is 5.91 Å². The number of methoxy groups -OCH3 is 1. The summed E-state index contributed by atoms with van der Waals surface area (Å²) in [6.07, 6.45) is 1.90. The van der Waals surface area contributed by atoms with E-state index in [1.54, 1.807) is 18.4 Å². The maximum absolute atomic E-state index is 13.4. The standard InChI is InChI=1S/C24H31N7O2S/c1-3-27-10-12-30(13-11-27)23-25-26-24(34-23)31-9-5-8-21(31)22(32)29-16-14-28(15-17-29)19-6-4-7-20(18-19)33-2/h4-9,18H,3,10-17H2,1-2H3. The van der Waals surface area contributed by atoms with Gasteiger partial charge in [-0.1, -0.05) is 24.3 Å². The monoisotopic (exact) mass is 481 g/mol. The van der Waals surface area contributed by atoms with Gasteiger partial charge in [0.05, 0.1) is 7.11 Å². The normalized spacial score (nSPS) is 17.3. The molecule has 4 heterocycles. The third-order valence-corrected chi connectivity index (χ3v) is 7.64. The SMILES string of the molecule is CCN1CCN(c2nnc(-n3cccc3C(=O)N3CCN(c4cccc(OC)c4)CC3)s2)CC1.